The van der Waals surface area contributed by atoms with E-state index in [1.165, 1.54) is 0 Å². The second kappa shape index (κ2) is 13.8. The molecule has 0 bridgehead atoms. The number of alkyl halides is 14. The average Bonchev–Trinajstić information content (AvgIpc) is 2.98. The summed E-state index contributed by atoms with van der Waals surface area (Å²) in [5.41, 5.74) is -15.1. The Hall–Kier alpha value is -4.14. The van der Waals surface area contributed by atoms with Crippen molar-refractivity contribution in [3.05, 3.63) is 50.6 Å². The molecule has 0 aromatic heterocycles. The summed E-state index contributed by atoms with van der Waals surface area (Å²) < 4.78 is 234. The van der Waals surface area contributed by atoms with Gasteiger partial charge in [-0.25, -0.2) is 54.3 Å². The van der Waals surface area contributed by atoms with E-state index in [0.29, 0.717) is 0 Å². The van der Waals surface area contributed by atoms with Crippen LogP contribution in [0.4, 0.5) is 61.5 Å². The van der Waals surface area contributed by atoms with Crippen molar-refractivity contribution >= 4 is 23.9 Å². The molecular formula is C26H22F14O8. The van der Waals surface area contributed by atoms with E-state index in [4.69, 9.17) is 0 Å². The molecule has 0 aromatic rings. The maximum Gasteiger partial charge on any atom is 0.330 e. The average molecular weight is 728 g/mol. The molecule has 4 unspecified atom stereocenters. The van der Waals surface area contributed by atoms with Gasteiger partial charge in [-0.3, -0.25) is 0 Å². The maximum atomic E-state index is 16.5. The number of hydrogen-bond acceptors (Lipinski definition) is 8. The van der Waals surface area contributed by atoms with Gasteiger partial charge in [-0.2, -0.15) is 26.3 Å². The number of carbonyl (C=O) groups is 4. The van der Waals surface area contributed by atoms with Gasteiger partial charge in [0.25, 0.3) is 29.1 Å². The maximum absolute atomic E-state index is 16.5. The molecule has 22 heteroatoms. The lowest BCUT2D eigenvalue weighted by atomic mass is 9.53. The summed E-state index contributed by atoms with van der Waals surface area (Å²) in [6.07, 6.45) is -0.202. The zero-order valence-electron chi connectivity index (χ0n) is 23.7. The van der Waals surface area contributed by atoms with Gasteiger partial charge < -0.3 is 18.9 Å². The molecule has 8 nitrogen and oxygen atoms in total. The first-order valence-electron chi connectivity index (χ1n) is 12.4. The lowest BCUT2D eigenvalue weighted by molar-refractivity contribution is -0.458. The molecule has 0 N–H and O–H groups in total. The topological polar surface area (TPSA) is 105 Å². The zero-order chi connectivity index (χ0) is 37.9. The van der Waals surface area contributed by atoms with Crippen LogP contribution in [-0.2, 0) is 38.1 Å². The van der Waals surface area contributed by atoms with Gasteiger partial charge >= 0.3 is 41.6 Å². The van der Waals surface area contributed by atoms with Crippen LogP contribution in [0.1, 0.15) is 0 Å². The highest BCUT2D eigenvalue weighted by Gasteiger charge is 2.99. The highest BCUT2D eigenvalue weighted by atomic mass is 19.3. The predicted octanol–water partition coefficient (Wildman–Crippen LogP) is 5.38. The van der Waals surface area contributed by atoms with Crippen LogP contribution in [0.15, 0.2) is 50.6 Å². The Morgan fingerprint density at radius 1 is 0.500 bits per heavy atom. The number of hydrogen-bond donors (Lipinski definition) is 0. The molecule has 1 saturated carbocycles. The van der Waals surface area contributed by atoms with Gasteiger partial charge in [0.2, 0.25) is 0 Å². The van der Waals surface area contributed by atoms with E-state index in [1.54, 1.807) is 0 Å². The predicted molar refractivity (Wildman–Crippen MR) is 129 cm³/mol. The molecule has 0 radical (unpaired) electrons. The first-order chi connectivity index (χ1) is 21.6. The third-order valence-electron chi connectivity index (χ3n) is 6.66. The molecule has 0 spiro atoms. The molecule has 0 aromatic carbocycles. The van der Waals surface area contributed by atoms with Gasteiger partial charge in [-0.05, 0) is 0 Å². The minimum absolute atomic E-state index is 0.0294. The SMILES string of the molecule is C=CC(=O)OCC(F)(F)C1C(F)(F)C(C(F)(F)COC(=O)C=C)C(F)(C(F)(F)COC(=O)C=C)C(F)(F)C1(F)C(F)(F)COC(=O)C=C. The van der Waals surface area contributed by atoms with Crippen LogP contribution in [0, 0.1) is 11.8 Å². The quantitative estimate of drug-likeness (QED) is 0.0905. The van der Waals surface area contributed by atoms with Gasteiger partial charge in [0, 0.05) is 24.3 Å². The first-order valence-corrected chi connectivity index (χ1v) is 12.4. The number of ether oxygens (including phenoxy) is 4. The van der Waals surface area contributed by atoms with Crippen LogP contribution < -0.4 is 0 Å². The minimum atomic E-state index is -7.91. The summed E-state index contributed by atoms with van der Waals surface area (Å²) in [7, 11) is 0. The van der Waals surface area contributed by atoms with Gasteiger partial charge in [0.15, 0.2) is 26.4 Å². The Morgan fingerprint density at radius 3 is 0.958 bits per heavy atom. The van der Waals surface area contributed by atoms with Gasteiger partial charge in [0.1, 0.15) is 11.8 Å². The molecule has 4 atom stereocenters. The summed E-state index contributed by atoms with van der Waals surface area (Å²) in [5.74, 6) is -62.5. The fourth-order valence-corrected chi connectivity index (χ4v) is 4.62. The molecule has 272 valence electrons. The molecule has 1 aliphatic rings. The normalized spacial score (nSPS) is 25.5. The van der Waals surface area contributed by atoms with Crippen molar-refractivity contribution in [1.29, 1.82) is 0 Å². The Labute approximate surface area is 260 Å². The van der Waals surface area contributed by atoms with Crippen molar-refractivity contribution in [3.63, 3.8) is 0 Å². The molecule has 0 aliphatic heterocycles. The molecule has 1 fully saturated rings. The van der Waals surface area contributed by atoms with Crippen molar-refractivity contribution in [2.24, 2.45) is 11.8 Å². The number of halogens is 14. The minimum Gasteiger partial charge on any atom is -0.456 e. The Kier molecular flexibility index (Phi) is 12.0. The van der Waals surface area contributed by atoms with Gasteiger partial charge in [0.05, 0.1) is 0 Å². The van der Waals surface area contributed by atoms with E-state index < -0.39 is 109 Å². The van der Waals surface area contributed by atoms with Gasteiger partial charge in [-0.15, -0.1) is 0 Å². The number of carbonyl (C=O) groups excluding carboxylic acids is 4. The largest absolute Gasteiger partial charge is 0.456 e. The Morgan fingerprint density at radius 2 is 0.729 bits per heavy atom. The molecule has 0 amide bonds. The molecule has 1 aliphatic carbocycles. The van der Waals surface area contributed by atoms with Crippen LogP contribution in [0.3, 0.4) is 0 Å². The molecular weight excluding hydrogens is 706 g/mol. The lowest BCUT2D eigenvalue weighted by Crippen LogP contribution is -2.87. The second-order valence-electron chi connectivity index (χ2n) is 9.72. The highest BCUT2D eigenvalue weighted by molar-refractivity contribution is 5.82. The van der Waals surface area contributed by atoms with Crippen LogP contribution in [0.2, 0.25) is 0 Å². The molecule has 0 saturated heterocycles. The fourth-order valence-electron chi connectivity index (χ4n) is 4.62. The van der Waals surface area contributed by atoms with Crippen LogP contribution in [-0.4, -0.2) is 97.2 Å². The Bertz CT molecular complexity index is 1220. The van der Waals surface area contributed by atoms with Gasteiger partial charge in [-0.1, -0.05) is 26.3 Å². The second-order valence-corrected chi connectivity index (χ2v) is 9.72. The lowest BCUT2D eigenvalue weighted by Gasteiger charge is -2.60. The van der Waals surface area contributed by atoms with Crippen molar-refractivity contribution in [2.75, 3.05) is 26.4 Å². The first kappa shape index (κ1) is 41.9. The fraction of sp³-hybridized carbons (Fsp3) is 0.538. The zero-order valence-corrected chi connectivity index (χ0v) is 23.7. The molecule has 48 heavy (non-hydrogen) atoms. The van der Waals surface area contributed by atoms with E-state index in [1.807, 2.05) is 0 Å². The standard InChI is InChI=1S/C26H22F14O8/c1-5-13(41)45-9-19(27,28)17-23(35,36)18(20(29,30)10-46-14(42)6-2)25(38,22(33,34)12-48-16(44)8-4)26(39,40)24(17,37)21(31,32)11-47-15(43)7-3/h5-8,17-18H,1-4,9-12H2. The van der Waals surface area contributed by atoms with E-state index >= 15 is 61.5 Å². The highest BCUT2D eigenvalue weighted by Crippen LogP contribution is 2.73. The van der Waals surface area contributed by atoms with Crippen LogP contribution in [0.25, 0.3) is 0 Å². The van der Waals surface area contributed by atoms with Crippen molar-refractivity contribution in [2.45, 2.75) is 46.9 Å². The Balaban J connectivity index is 4.48. The van der Waals surface area contributed by atoms with Crippen molar-refractivity contribution in [3.8, 4) is 0 Å². The third kappa shape index (κ3) is 7.01. The van der Waals surface area contributed by atoms with Crippen LogP contribution >= 0.6 is 0 Å². The van der Waals surface area contributed by atoms with E-state index in [-0.39, 0.29) is 24.3 Å². The summed E-state index contributed by atoms with van der Waals surface area (Å²) in [4.78, 5) is 45.1. The summed E-state index contributed by atoms with van der Waals surface area (Å²) in [6.45, 7) is -2.50. The number of rotatable bonds is 16. The molecule has 1 rings (SSSR count). The monoisotopic (exact) mass is 728 g/mol. The van der Waals surface area contributed by atoms with E-state index in [0.717, 1.165) is 0 Å². The van der Waals surface area contributed by atoms with E-state index in [9.17, 15) is 19.2 Å². The smallest absolute Gasteiger partial charge is 0.330 e. The van der Waals surface area contributed by atoms with E-state index in [2.05, 4.69) is 45.3 Å². The molecule has 0 heterocycles. The van der Waals surface area contributed by atoms with Crippen molar-refractivity contribution < 1.29 is 99.6 Å². The van der Waals surface area contributed by atoms with Crippen molar-refractivity contribution in [1.82, 2.24) is 0 Å². The number of esters is 4. The summed E-state index contributed by atoms with van der Waals surface area (Å²) >= 11 is 0. The summed E-state index contributed by atoms with van der Waals surface area (Å²) in [6, 6.07) is 0. The third-order valence-corrected chi connectivity index (χ3v) is 6.66. The summed E-state index contributed by atoms with van der Waals surface area (Å²) in [5, 5.41) is 0. The van der Waals surface area contributed by atoms with Crippen LogP contribution in [0.5, 0.6) is 0 Å².